The maximum atomic E-state index is 12.9. The number of unbranched alkanes of at least 4 members (excludes halogenated alkanes) is 28. The quantitative estimate of drug-likeness (QED) is 0.0195. The second-order valence-electron chi connectivity index (χ2n) is 26.6. The number of rotatable bonds is 70. The molecule has 96 heavy (non-hydrogen) atoms. The molecular formula is C86H144NO8P. The molecule has 2 unspecified atom stereocenters. The Morgan fingerprint density at radius 2 is 0.562 bits per heavy atom. The highest BCUT2D eigenvalue weighted by Crippen LogP contribution is 2.38. The van der Waals surface area contributed by atoms with Crippen molar-refractivity contribution in [2.75, 3.05) is 47.5 Å². The Kier molecular flexibility index (Phi) is 71.0. The Morgan fingerprint density at radius 3 is 0.833 bits per heavy atom. The summed E-state index contributed by atoms with van der Waals surface area (Å²) in [5, 5.41) is 0. The number of phosphoric ester groups is 1. The number of phosphoric acid groups is 1. The monoisotopic (exact) mass is 1350 g/mol. The van der Waals surface area contributed by atoms with Gasteiger partial charge in [-0.2, -0.15) is 0 Å². The molecule has 0 saturated heterocycles. The molecule has 2 atom stereocenters. The van der Waals surface area contributed by atoms with Gasteiger partial charge in [-0.05, 0) is 128 Å². The van der Waals surface area contributed by atoms with E-state index in [1.807, 2.05) is 21.1 Å². The van der Waals surface area contributed by atoms with Gasteiger partial charge in [0.1, 0.15) is 19.8 Å². The largest absolute Gasteiger partial charge is 0.756 e. The van der Waals surface area contributed by atoms with Crippen LogP contribution in [-0.4, -0.2) is 70.0 Å². The predicted octanol–water partition coefficient (Wildman–Crippen LogP) is 25.4. The first-order chi connectivity index (χ1) is 47.0. The Labute approximate surface area is 591 Å². The molecule has 0 spiro atoms. The van der Waals surface area contributed by atoms with Crippen LogP contribution in [0.1, 0.15) is 309 Å². The minimum absolute atomic E-state index is 0.0371. The Bertz CT molecular complexity index is 2230. The van der Waals surface area contributed by atoms with Crippen molar-refractivity contribution in [2.24, 2.45) is 0 Å². The maximum Gasteiger partial charge on any atom is 0.306 e. The van der Waals surface area contributed by atoms with Crippen molar-refractivity contribution in [3.05, 3.63) is 170 Å². The highest BCUT2D eigenvalue weighted by molar-refractivity contribution is 7.45. The summed E-state index contributed by atoms with van der Waals surface area (Å²) in [6, 6.07) is 0. The molecule has 0 saturated carbocycles. The first-order valence-electron chi connectivity index (χ1n) is 38.8. The minimum Gasteiger partial charge on any atom is -0.756 e. The van der Waals surface area contributed by atoms with Crippen LogP contribution in [0, 0.1) is 0 Å². The lowest BCUT2D eigenvalue weighted by Crippen LogP contribution is -2.37. The van der Waals surface area contributed by atoms with E-state index >= 15 is 0 Å². The van der Waals surface area contributed by atoms with Crippen LogP contribution in [0.2, 0.25) is 0 Å². The van der Waals surface area contributed by atoms with Gasteiger partial charge in [0.25, 0.3) is 7.82 Å². The molecule has 546 valence electrons. The molecule has 0 radical (unpaired) electrons. The van der Waals surface area contributed by atoms with Crippen molar-refractivity contribution < 1.29 is 42.1 Å². The van der Waals surface area contributed by atoms with E-state index in [4.69, 9.17) is 18.5 Å². The second kappa shape index (κ2) is 74.6. The van der Waals surface area contributed by atoms with Crippen molar-refractivity contribution in [3.8, 4) is 0 Å². The van der Waals surface area contributed by atoms with Gasteiger partial charge in [-0.25, -0.2) is 0 Å². The van der Waals surface area contributed by atoms with E-state index in [9.17, 15) is 19.0 Å². The fourth-order valence-electron chi connectivity index (χ4n) is 10.4. The van der Waals surface area contributed by atoms with Crippen LogP contribution in [0.15, 0.2) is 170 Å². The fourth-order valence-corrected chi connectivity index (χ4v) is 11.1. The van der Waals surface area contributed by atoms with Gasteiger partial charge in [0.2, 0.25) is 0 Å². The SMILES string of the molecule is CC/C=C\C/C=C\C/C=C\C/C=C\C/C=C\C/C=C\C/C=C\CCCCCCCCCCCCCCCCCC(=O)OC(COC(=O)CCCCCCCCCCCCCCC/C=C\C/C=C\C/C=C\C/C=C\C/C=C\C/C=C\C/C=C\CC)COP(=O)([O-])OCC[N+](C)(C)C. The summed E-state index contributed by atoms with van der Waals surface area (Å²) >= 11 is 0. The number of allylic oxidation sites excluding steroid dienone is 28. The molecule has 0 aliphatic heterocycles. The first-order valence-corrected chi connectivity index (χ1v) is 40.3. The van der Waals surface area contributed by atoms with Crippen molar-refractivity contribution in [3.63, 3.8) is 0 Å². The molecule has 0 bridgehead atoms. The average Bonchev–Trinajstić information content (AvgIpc) is 2.72. The molecule has 0 aliphatic rings. The van der Waals surface area contributed by atoms with Gasteiger partial charge in [-0.1, -0.05) is 338 Å². The summed E-state index contributed by atoms with van der Waals surface area (Å²) in [5.41, 5.74) is 0. The fraction of sp³-hybridized carbons (Fsp3) is 0.651. The average molecular weight is 1350 g/mol. The highest BCUT2D eigenvalue weighted by atomic mass is 31.2. The van der Waals surface area contributed by atoms with Crippen molar-refractivity contribution in [1.82, 2.24) is 0 Å². The highest BCUT2D eigenvalue weighted by Gasteiger charge is 2.22. The van der Waals surface area contributed by atoms with Gasteiger partial charge in [0.05, 0.1) is 27.7 Å². The molecule has 9 nitrogen and oxygen atoms in total. The molecule has 0 aromatic rings. The molecule has 0 N–H and O–H groups in total. The van der Waals surface area contributed by atoms with Gasteiger partial charge < -0.3 is 27.9 Å². The number of carbonyl (C=O) groups is 2. The summed E-state index contributed by atoms with van der Waals surface area (Å²) in [7, 11) is 1.16. The van der Waals surface area contributed by atoms with E-state index < -0.39 is 26.5 Å². The second-order valence-corrected chi connectivity index (χ2v) is 28.0. The van der Waals surface area contributed by atoms with E-state index in [1.165, 1.54) is 148 Å². The molecule has 0 aromatic carbocycles. The predicted molar refractivity (Wildman–Crippen MR) is 415 cm³/mol. The van der Waals surface area contributed by atoms with Gasteiger partial charge >= 0.3 is 11.9 Å². The lowest BCUT2D eigenvalue weighted by molar-refractivity contribution is -0.870. The number of carbonyl (C=O) groups excluding carboxylic acids is 2. The van der Waals surface area contributed by atoms with Crippen LogP contribution in [0.4, 0.5) is 0 Å². The molecule has 0 aromatic heterocycles. The number of likely N-dealkylation sites (N-methyl/N-ethyl adjacent to an activating group) is 1. The zero-order valence-electron chi connectivity index (χ0n) is 62.3. The Balaban J connectivity index is 4.03. The van der Waals surface area contributed by atoms with Gasteiger partial charge in [0.15, 0.2) is 6.10 Å². The first kappa shape index (κ1) is 91.4. The maximum absolute atomic E-state index is 12.9. The summed E-state index contributed by atoms with van der Waals surface area (Å²) in [6.07, 6.45) is 113. The van der Waals surface area contributed by atoms with E-state index in [0.717, 1.165) is 128 Å². The molecule has 0 rings (SSSR count). The third kappa shape index (κ3) is 78.4. The zero-order valence-corrected chi connectivity index (χ0v) is 63.2. The van der Waals surface area contributed by atoms with Crippen molar-refractivity contribution >= 4 is 19.8 Å². The van der Waals surface area contributed by atoms with Crippen LogP contribution in [0.3, 0.4) is 0 Å². The number of esters is 2. The van der Waals surface area contributed by atoms with Gasteiger partial charge in [-0.3, -0.25) is 14.2 Å². The molecule has 10 heteroatoms. The molecule has 0 aliphatic carbocycles. The van der Waals surface area contributed by atoms with Crippen LogP contribution < -0.4 is 4.89 Å². The number of quaternary nitrogens is 1. The van der Waals surface area contributed by atoms with E-state index in [2.05, 4.69) is 184 Å². The molecular weight excluding hydrogens is 1210 g/mol. The summed E-state index contributed by atoms with van der Waals surface area (Å²) < 4.78 is 34.4. The minimum atomic E-state index is -4.66. The number of hydrogen-bond donors (Lipinski definition) is 0. The normalized spacial score (nSPS) is 14.0. The van der Waals surface area contributed by atoms with Crippen LogP contribution in [-0.2, 0) is 32.7 Å². The topological polar surface area (TPSA) is 111 Å². The molecule has 0 heterocycles. The van der Waals surface area contributed by atoms with E-state index in [0.29, 0.717) is 17.4 Å². The smallest absolute Gasteiger partial charge is 0.306 e. The molecule has 0 amide bonds. The lowest BCUT2D eigenvalue weighted by atomic mass is 10.0. The van der Waals surface area contributed by atoms with E-state index in [1.54, 1.807) is 0 Å². The van der Waals surface area contributed by atoms with Gasteiger partial charge in [0, 0.05) is 12.8 Å². The third-order valence-corrected chi connectivity index (χ3v) is 17.2. The number of nitrogens with zero attached hydrogens (tertiary/aromatic N) is 1. The van der Waals surface area contributed by atoms with Crippen molar-refractivity contribution in [1.29, 1.82) is 0 Å². The lowest BCUT2D eigenvalue weighted by Gasteiger charge is -2.28. The van der Waals surface area contributed by atoms with Crippen LogP contribution in [0.25, 0.3) is 0 Å². The summed E-state index contributed by atoms with van der Waals surface area (Å²) in [5.74, 6) is -0.835. The summed E-state index contributed by atoms with van der Waals surface area (Å²) in [6.45, 7) is 4.02. The summed E-state index contributed by atoms with van der Waals surface area (Å²) in [4.78, 5) is 38.2. The van der Waals surface area contributed by atoms with Crippen molar-refractivity contribution in [2.45, 2.75) is 315 Å². The third-order valence-electron chi connectivity index (χ3n) is 16.2. The van der Waals surface area contributed by atoms with Gasteiger partial charge in [-0.15, -0.1) is 0 Å². The van der Waals surface area contributed by atoms with Crippen LogP contribution >= 0.6 is 7.82 Å². The number of ether oxygens (including phenoxy) is 2. The Hall–Kier alpha value is -4.63. The molecule has 0 fully saturated rings. The van der Waals surface area contributed by atoms with E-state index in [-0.39, 0.29) is 32.0 Å². The standard InChI is InChI=1S/C86H144NO8P/c1-6-8-10-12-14-16-18-20-22-24-26-28-30-32-34-36-38-40-42-43-45-47-49-51-53-55-57-59-61-63-65-67-69-71-73-75-77-79-86(89)95-84(83-94-96(90,91)93-81-80-87(3,4)5)82-92-85(88)78-76-74-72-70-68-66-64-62-60-58-56-54-52-50-48-46-44-41-39-37-35-33-31-29-27-25-23-21-19-17-15-13-11-9-7-2/h8-11,14-17,20-23,26-29,32-35,38-41,43,45-46,48,84H,6-7,12-13,18-19,24-25,30-31,36-37,42,44,47,49-83H2,1-5H3/b10-8-,11-9-,16-14-,17-15-,22-20-,23-21-,28-26-,29-27-,34-32-,35-33-,40-38-,41-39-,45-43-,48-46-. The van der Waals surface area contributed by atoms with Crippen LogP contribution in [0.5, 0.6) is 0 Å². The number of hydrogen-bond acceptors (Lipinski definition) is 8. The zero-order chi connectivity index (χ0) is 69.7. The Morgan fingerprint density at radius 1 is 0.323 bits per heavy atom.